The third kappa shape index (κ3) is 2.12. The van der Waals surface area contributed by atoms with Gasteiger partial charge < -0.3 is 10.2 Å². The zero-order valence-electron chi connectivity index (χ0n) is 9.63. The lowest BCUT2D eigenvalue weighted by Gasteiger charge is -2.38. The van der Waals surface area contributed by atoms with Crippen LogP contribution in [-0.4, -0.2) is 36.6 Å². The maximum absolute atomic E-state index is 3.58. The largest absolute Gasteiger partial charge is 0.314 e. The second-order valence-corrected chi connectivity index (χ2v) is 4.97. The van der Waals surface area contributed by atoms with Gasteiger partial charge in [0.1, 0.15) is 0 Å². The van der Waals surface area contributed by atoms with Gasteiger partial charge in [-0.25, -0.2) is 0 Å². The van der Waals surface area contributed by atoms with Crippen LogP contribution in [0.25, 0.3) is 0 Å². The van der Waals surface area contributed by atoms with Gasteiger partial charge in [0.05, 0.1) is 0 Å². The molecule has 0 heterocycles. The first-order valence-corrected chi connectivity index (χ1v) is 6.26. The number of hydrogen-bond donors (Lipinski definition) is 1. The van der Waals surface area contributed by atoms with E-state index in [0.717, 1.165) is 24.7 Å². The first-order valence-electron chi connectivity index (χ1n) is 6.26. The second kappa shape index (κ2) is 4.63. The summed E-state index contributed by atoms with van der Waals surface area (Å²) in [4.78, 5) is 2.65. The van der Waals surface area contributed by atoms with Crippen LogP contribution in [0.5, 0.6) is 0 Å². The SMILES string of the molecule is CCNC1CCC(N(C)C2CCC2)C1. The van der Waals surface area contributed by atoms with Gasteiger partial charge in [-0.1, -0.05) is 13.3 Å². The maximum Gasteiger partial charge on any atom is 0.0110 e. The fourth-order valence-electron chi connectivity index (χ4n) is 2.89. The van der Waals surface area contributed by atoms with Crippen molar-refractivity contribution in [1.82, 2.24) is 10.2 Å². The zero-order valence-corrected chi connectivity index (χ0v) is 9.63. The standard InChI is InChI=1S/C12H24N2/c1-3-13-10-7-8-12(9-10)14(2)11-5-4-6-11/h10-13H,3-9H2,1-2H3. The molecular formula is C12H24N2. The first kappa shape index (κ1) is 10.4. The number of nitrogens with one attached hydrogen (secondary N) is 1. The Morgan fingerprint density at radius 2 is 1.93 bits per heavy atom. The normalized spacial score (nSPS) is 33.6. The molecule has 2 fully saturated rings. The highest BCUT2D eigenvalue weighted by molar-refractivity contribution is 4.90. The van der Waals surface area contributed by atoms with Crippen molar-refractivity contribution < 1.29 is 0 Å². The van der Waals surface area contributed by atoms with Crippen LogP contribution < -0.4 is 5.32 Å². The molecule has 2 nitrogen and oxygen atoms in total. The summed E-state index contributed by atoms with van der Waals surface area (Å²) >= 11 is 0. The van der Waals surface area contributed by atoms with E-state index < -0.39 is 0 Å². The molecule has 2 unspecified atom stereocenters. The molecule has 2 atom stereocenters. The Kier molecular flexibility index (Phi) is 3.45. The number of hydrogen-bond acceptors (Lipinski definition) is 2. The molecular weight excluding hydrogens is 172 g/mol. The Labute approximate surface area is 88.1 Å². The van der Waals surface area contributed by atoms with E-state index >= 15 is 0 Å². The Morgan fingerprint density at radius 1 is 1.14 bits per heavy atom. The van der Waals surface area contributed by atoms with E-state index in [1.165, 1.54) is 38.5 Å². The van der Waals surface area contributed by atoms with Gasteiger partial charge >= 0.3 is 0 Å². The summed E-state index contributed by atoms with van der Waals surface area (Å²) in [5.74, 6) is 0. The molecule has 0 aromatic rings. The summed E-state index contributed by atoms with van der Waals surface area (Å²) in [5, 5.41) is 3.58. The molecule has 0 bridgehead atoms. The zero-order chi connectivity index (χ0) is 9.97. The monoisotopic (exact) mass is 196 g/mol. The molecule has 2 aliphatic rings. The average molecular weight is 196 g/mol. The quantitative estimate of drug-likeness (QED) is 0.740. The van der Waals surface area contributed by atoms with Gasteiger partial charge in [-0.3, -0.25) is 0 Å². The molecule has 0 spiro atoms. The van der Waals surface area contributed by atoms with E-state index in [9.17, 15) is 0 Å². The third-order valence-electron chi connectivity index (χ3n) is 4.12. The van der Waals surface area contributed by atoms with E-state index in [1.54, 1.807) is 0 Å². The van der Waals surface area contributed by atoms with Crippen molar-refractivity contribution in [1.29, 1.82) is 0 Å². The fourth-order valence-corrected chi connectivity index (χ4v) is 2.89. The van der Waals surface area contributed by atoms with Crippen molar-refractivity contribution in [2.24, 2.45) is 0 Å². The molecule has 1 N–H and O–H groups in total. The summed E-state index contributed by atoms with van der Waals surface area (Å²) in [5.41, 5.74) is 0. The highest BCUT2D eigenvalue weighted by Gasteiger charge is 2.32. The highest BCUT2D eigenvalue weighted by Crippen LogP contribution is 2.31. The van der Waals surface area contributed by atoms with Crippen molar-refractivity contribution >= 4 is 0 Å². The summed E-state index contributed by atoms with van der Waals surface area (Å²) in [7, 11) is 2.34. The van der Waals surface area contributed by atoms with Gasteiger partial charge in [0, 0.05) is 18.1 Å². The third-order valence-corrected chi connectivity index (χ3v) is 4.12. The molecule has 0 radical (unpaired) electrons. The van der Waals surface area contributed by atoms with Crippen LogP contribution in [0.2, 0.25) is 0 Å². The van der Waals surface area contributed by atoms with Gasteiger partial charge in [0.15, 0.2) is 0 Å². The van der Waals surface area contributed by atoms with Crippen LogP contribution in [-0.2, 0) is 0 Å². The minimum absolute atomic E-state index is 0.799. The molecule has 2 aliphatic carbocycles. The first-order chi connectivity index (χ1) is 6.81. The van der Waals surface area contributed by atoms with E-state index in [2.05, 4.69) is 24.2 Å². The number of nitrogens with zero attached hydrogens (tertiary/aromatic N) is 1. The topological polar surface area (TPSA) is 15.3 Å². The van der Waals surface area contributed by atoms with Crippen molar-refractivity contribution in [2.45, 2.75) is 63.6 Å². The van der Waals surface area contributed by atoms with Gasteiger partial charge in [-0.2, -0.15) is 0 Å². The van der Waals surface area contributed by atoms with Gasteiger partial charge in [-0.05, 0) is 45.7 Å². The smallest absolute Gasteiger partial charge is 0.0110 e. The van der Waals surface area contributed by atoms with Crippen molar-refractivity contribution in [3.05, 3.63) is 0 Å². The summed E-state index contributed by atoms with van der Waals surface area (Å²) < 4.78 is 0. The molecule has 0 aromatic carbocycles. The Morgan fingerprint density at radius 3 is 2.50 bits per heavy atom. The summed E-state index contributed by atoms with van der Waals surface area (Å²) in [6.45, 7) is 3.34. The molecule has 2 heteroatoms. The van der Waals surface area contributed by atoms with E-state index in [0.29, 0.717) is 0 Å². The van der Waals surface area contributed by atoms with Crippen molar-refractivity contribution in [2.75, 3.05) is 13.6 Å². The molecule has 0 aliphatic heterocycles. The van der Waals surface area contributed by atoms with Crippen molar-refractivity contribution in [3.8, 4) is 0 Å². The maximum atomic E-state index is 3.58. The summed E-state index contributed by atoms with van der Waals surface area (Å²) in [6.07, 6.45) is 8.51. The molecule has 0 saturated heterocycles. The predicted molar refractivity (Wildman–Crippen MR) is 60.5 cm³/mol. The van der Waals surface area contributed by atoms with Crippen LogP contribution in [0.1, 0.15) is 45.4 Å². The van der Waals surface area contributed by atoms with Crippen LogP contribution in [0, 0.1) is 0 Å². The Hall–Kier alpha value is -0.0800. The molecule has 0 aromatic heterocycles. The van der Waals surface area contributed by atoms with Gasteiger partial charge in [0.25, 0.3) is 0 Å². The molecule has 14 heavy (non-hydrogen) atoms. The molecule has 82 valence electrons. The summed E-state index contributed by atoms with van der Waals surface area (Å²) in [6, 6.07) is 2.58. The minimum Gasteiger partial charge on any atom is -0.314 e. The lowest BCUT2D eigenvalue weighted by molar-refractivity contribution is 0.111. The average Bonchev–Trinajstić information content (AvgIpc) is 2.50. The predicted octanol–water partition coefficient (Wildman–Crippen LogP) is 2.00. The van der Waals surface area contributed by atoms with Gasteiger partial charge in [-0.15, -0.1) is 0 Å². The van der Waals surface area contributed by atoms with E-state index in [1.807, 2.05) is 0 Å². The second-order valence-electron chi connectivity index (χ2n) is 4.97. The van der Waals surface area contributed by atoms with Crippen LogP contribution >= 0.6 is 0 Å². The minimum atomic E-state index is 0.799. The fraction of sp³-hybridized carbons (Fsp3) is 1.00. The highest BCUT2D eigenvalue weighted by atomic mass is 15.2. The molecule has 2 saturated carbocycles. The van der Waals surface area contributed by atoms with Crippen LogP contribution in [0.15, 0.2) is 0 Å². The Balaban J connectivity index is 1.76. The lowest BCUT2D eigenvalue weighted by Crippen LogP contribution is -2.43. The van der Waals surface area contributed by atoms with E-state index in [4.69, 9.17) is 0 Å². The molecule has 0 amide bonds. The van der Waals surface area contributed by atoms with Crippen LogP contribution in [0.4, 0.5) is 0 Å². The Bertz CT molecular complexity index is 177. The lowest BCUT2D eigenvalue weighted by atomic mass is 9.90. The van der Waals surface area contributed by atoms with Gasteiger partial charge in [0.2, 0.25) is 0 Å². The van der Waals surface area contributed by atoms with Crippen molar-refractivity contribution in [3.63, 3.8) is 0 Å². The molecule has 2 rings (SSSR count). The van der Waals surface area contributed by atoms with E-state index in [-0.39, 0.29) is 0 Å². The van der Waals surface area contributed by atoms with Crippen LogP contribution in [0.3, 0.4) is 0 Å². The number of rotatable bonds is 4.